The number of aromatic nitrogens is 2. The van der Waals surface area contributed by atoms with Crippen LogP contribution in [0.2, 0.25) is 0 Å². The number of para-hydroxylation sites is 2. The molecule has 0 saturated carbocycles. The SMILES string of the molecule is Fc1ccc(N(c2ccc(-c3ccc(N(c4ccc(F)c(F)c4)c4ccc5c(c4)c4ccccc4n5-c4ccc(F)c(F)c4)cc3)cc2)c2ccc3c(c2)c2ccccc2n3-c2ccc(F)c(F)c2)cc1F. The van der Waals surface area contributed by atoms with Gasteiger partial charge in [-0.1, -0.05) is 60.7 Å². The van der Waals surface area contributed by atoms with Crippen LogP contribution in [-0.4, -0.2) is 9.13 Å². The summed E-state index contributed by atoms with van der Waals surface area (Å²) in [6.07, 6.45) is 0. The molecule has 10 aromatic carbocycles. The number of hydrogen-bond donors (Lipinski definition) is 0. The summed E-state index contributed by atoms with van der Waals surface area (Å²) < 4.78 is 120. The van der Waals surface area contributed by atoms with Crippen molar-refractivity contribution in [1.82, 2.24) is 9.13 Å². The first kappa shape index (κ1) is 44.1. The Morgan fingerprint density at radius 2 is 0.542 bits per heavy atom. The van der Waals surface area contributed by atoms with Crippen molar-refractivity contribution in [3.63, 3.8) is 0 Å². The van der Waals surface area contributed by atoms with Crippen molar-refractivity contribution in [1.29, 1.82) is 0 Å². The van der Waals surface area contributed by atoms with Gasteiger partial charge in [-0.3, -0.25) is 0 Å². The van der Waals surface area contributed by atoms with Crippen LogP contribution in [0.5, 0.6) is 0 Å². The van der Waals surface area contributed by atoms with Crippen molar-refractivity contribution >= 4 is 77.7 Å². The highest BCUT2D eigenvalue weighted by molar-refractivity contribution is 6.12. The first-order valence-electron chi connectivity index (χ1n) is 22.7. The zero-order valence-corrected chi connectivity index (χ0v) is 37.4. The lowest BCUT2D eigenvalue weighted by Gasteiger charge is -2.26. The van der Waals surface area contributed by atoms with Gasteiger partial charge in [-0.25, -0.2) is 35.1 Å². The van der Waals surface area contributed by atoms with E-state index in [-0.39, 0.29) is 0 Å². The Bertz CT molecular complexity index is 3840. The van der Waals surface area contributed by atoms with Crippen LogP contribution >= 0.6 is 0 Å². The second-order valence-corrected chi connectivity index (χ2v) is 17.3. The summed E-state index contributed by atoms with van der Waals surface area (Å²) in [6, 6.07) is 56.1. The van der Waals surface area contributed by atoms with Crippen molar-refractivity contribution in [2.75, 3.05) is 9.80 Å². The lowest BCUT2D eigenvalue weighted by Crippen LogP contribution is -2.11. The van der Waals surface area contributed by atoms with Gasteiger partial charge >= 0.3 is 0 Å². The monoisotopic (exact) mass is 962 g/mol. The molecule has 2 heterocycles. The molecule has 0 N–H and O–H groups in total. The highest BCUT2D eigenvalue weighted by atomic mass is 19.2. The fraction of sp³-hybridized carbons (Fsp3) is 0. The van der Waals surface area contributed by atoms with Gasteiger partial charge in [0.15, 0.2) is 46.5 Å². The summed E-state index contributed by atoms with van der Waals surface area (Å²) in [5.74, 6) is -7.95. The van der Waals surface area contributed by atoms with E-state index in [1.54, 1.807) is 9.80 Å². The molecule has 0 aliphatic heterocycles. The van der Waals surface area contributed by atoms with Crippen LogP contribution in [0.15, 0.2) is 206 Å². The molecule has 0 bridgehead atoms. The van der Waals surface area contributed by atoms with E-state index in [9.17, 15) is 26.3 Å². The number of halogens is 8. The third-order valence-electron chi connectivity index (χ3n) is 13.1. The van der Waals surface area contributed by atoms with E-state index in [0.29, 0.717) is 56.5 Å². The highest BCUT2D eigenvalue weighted by Crippen LogP contribution is 2.43. The topological polar surface area (TPSA) is 16.3 Å². The Kier molecular flexibility index (Phi) is 10.6. The average Bonchev–Trinajstić information content (AvgIpc) is 3.91. The van der Waals surface area contributed by atoms with E-state index < -0.39 is 46.5 Å². The predicted molar refractivity (Wildman–Crippen MR) is 270 cm³/mol. The van der Waals surface area contributed by atoms with Crippen LogP contribution in [0.3, 0.4) is 0 Å². The molecule has 72 heavy (non-hydrogen) atoms. The molecule has 350 valence electrons. The molecule has 12 aromatic rings. The first-order valence-corrected chi connectivity index (χ1v) is 22.7. The van der Waals surface area contributed by atoms with Gasteiger partial charge < -0.3 is 18.9 Å². The van der Waals surface area contributed by atoms with Crippen molar-refractivity contribution in [2.45, 2.75) is 0 Å². The Morgan fingerprint density at radius 1 is 0.236 bits per heavy atom. The molecule has 0 aliphatic carbocycles. The number of hydrogen-bond acceptors (Lipinski definition) is 2. The number of fused-ring (bicyclic) bond motifs is 6. The summed E-state index contributed by atoms with van der Waals surface area (Å²) in [5, 5.41) is 3.23. The largest absolute Gasteiger partial charge is 0.310 e. The van der Waals surface area contributed by atoms with E-state index in [0.717, 1.165) is 92.2 Å². The molecule has 12 heteroatoms. The van der Waals surface area contributed by atoms with E-state index in [1.807, 2.05) is 143 Å². The van der Waals surface area contributed by atoms with Crippen LogP contribution < -0.4 is 9.80 Å². The maximum Gasteiger partial charge on any atom is 0.160 e. The third-order valence-corrected chi connectivity index (χ3v) is 13.1. The van der Waals surface area contributed by atoms with E-state index in [1.165, 1.54) is 24.3 Å². The molecule has 0 aliphatic rings. The van der Waals surface area contributed by atoms with Crippen molar-refractivity contribution < 1.29 is 35.1 Å². The molecular weight excluding hydrogens is 929 g/mol. The Labute approximate surface area is 405 Å². The lowest BCUT2D eigenvalue weighted by molar-refractivity contribution is 0.508. The van der Waals surface area contributed by atoms with E-state index in [4.69, 9.17) is 0 Å². The van der Waals surface area contributed by atoms with Gasteiger partial charge in [-0.05, 0) is 132 Å². The molecule has 0 fully saturated rings. The fourth-order valence-electron chi connectivity index (χ4n) is 9.75. The third kappa shape index (κ3) is 7.46. The van der Waals surface area contributed by atoms with Gasteiger partial charge in [0, 0.05) is 91.3 Å². The summed E-state index contributed by atoms with van der Waals surface area (Å²) >= 11 is 0. The van der Waals surface area contributed by atoms with Gasteiger partial charge in [-0.15, -0.1) is 0 Å². The standard InChI is InChI=1S/C60H34F8N4/c61-49-23-17-41(31-53(49)65)69(39-21-27-59-47(29-39)45-5-1-3-7-57(45)71(59)43-19-25-51(63)55(67)33-43)37-13-9-35(10-14-37)36-11-15-38(16-12-36)70(42-18-24-50(62)54(66)32-42)40-22-28-60-48(30-40)46-6-2-4-8-58(46)72(60)44-20-26-52(64)56(68)34-44/h1-34H. The second kappa shape index (κ2) is 17.4. The smallest absolute Gasteiger partial charge is 0.160 e. The predicted octanol–water partition coefficient (Wildman–Crippen LogP) is 17.6. The molecule has 2 aromatic heterocycles. The van der Waals surface area contributed by atoms with Gasteiger partial charge in [0.1, 0.15) is 0 Å². The quantitative estimate of drug-likeness (QED) is 0.134. The molecule has 12 rings (SSSR count). The van der Waals surface area contributed by atoms with Crippen molar-refractivity contribution in [3.8, 4) is 22.5 Å². The summed E-state index contributed by atoms with van der Waals surface area (Å²) in [4.78, 5) is 3.59. The number of benzene rings is 10. The minimum absolute atomic E-state index is 0.346. The normalized spacial score (nSPS) is 11.6. The van der Waals surface area contributed by atoms with Gasteiger partial charge in [0.05, 0.1) is 22.1 Å². The van der Waals surface area contributed by atoms with Crippen LogP contribution in [0.4, 0.5) is 69.2 Å². The summed E-state index contributed by atoms with van der Waals surface area (Å²) in [5.41, 5.74) is 8.58. The molecule has 4 nitrogen and oxygen atoms in total. The summed E-state index contributed by atoms with van der Waals surface area (Å²) in [7, 11) is 0. The highest BCUT2D eigenvalue weighted by Gasteiger charge is 2.22. The molecule has 0 amide bonds. The lowest BCUT2D eigenvalue weighted by atomic mass is 10.0. The Hall–Kier alpha value is -9.16. The van der Waals surface area contributed by atoms with Gasteiger partial charge in [-0.2, -0.15) is 0 Å². The zero-order valence-electron chi connectivity index (χ0n) is 37.4. The minimum atomic E-state index is -1.03. The number of anilines is 6. The van der Waals surface area contributed by atoms with E-state index >= 15 is 8.78 Å². The van der Waals surface area contributed by atoms with Gasteiger partial charge in [0.2, 0.25) is 0 Å². The molecule has 0 spiro atoms. The zero-order chi connectivity index (χ0) is 49.4. The van der Waals surface area contributed by atoms with Crippen LogP contribution in [0, 0.1) is 46.5 Å². The maximum absolute atomic E-state index is 15.0. The van der Waals surface area contributed by atoms with Gasteiger partial charge in [0.25, 0.3) is 0 Å². The average molecular weight is 963 g/mol. The first-order chi connectivity index (χ1) is 35.0. The van der Waals surface area contributed by atoms with Crippen molar-refractivity contribution in [3.05, 3.63) is 253 Å². The molecule has 0 unspecified atom stereocenters. The second-order valence-electron chi connectivity index (χ2n) is 17.3. The molecule has 0 saturated heterocycles. The van der Waals surface area contributed by atoms with Crippen LogP contribution in [0.25, 0.3) is 66.1 Å². The van der Waals surface area contributed by atoms with Crippen molar-refractivity contribution in [2.24, 2.45) is 0 Å². The summed E-state index contributed by atoms with van der Waals surface area (Å²) in [6.45, 7) is 0. The number of rotatable bonds is 9. The van der Waals surface area contributed by atoms with Crippen LogP contribution in [0.1, 0.15) is 0 Å². The van der Waals surface area contributed by atoms with E-state index in [2.05, 4.69) is 0 Å². The minimum Gasteiger partial charge on any atom is -0.310 e. The molecule has 0 radical (unpaired) electrons. The number of nitrogens with zero attached hydrogens (tertiary/aromatic N) is 4. The Morgan fingerprint density at radius 3 is 0.917 bits per heavy atom. The van der Waals surface area contributed by atoms with Crippen LogP contribution in [-0.2, 0) is 0 Å². The fourth-order valence-corrected chi connectivity index (χ4v) is 9.75. The Balaban J connectivity index is 0.922. The molecule has 0 atom stereocenters. The molecular formula is C60H34F8N4. The maximum atomic E-state index is 15.0.